The molecule has 28 heavy (non-hydrogen) atoms. The van der Waals surface area contributed by atoms with Gasteiger partial charge in [-0.2, -0.15) is 0 Å². The second-order valence-electron chi connectivity index (χ2n) is 5.39. The summed E-state index contributed by atoms with van der Waals surface area (Å²) in [6, 6.07) is 8.75. The van der Waals surface area contributed by atoms with Crippen molar-refractivity contribution in [1.82, 2.24) is 5.32 Å². The smallest absolute Gasteiger partial charge is 0.339 e. The third-order valence-electron chi connectivity index (χ3n) is 3.65. The Morgan fingerprint density at radius 1 is 1.04 bits per heavy atom. The Hall–Kier alpha value is -3.44. The zero-order valence-corrected chi connectivity index (χ0v) is 15.6. The van der Waals surface area contributed by atoms with E-state index in [4.69, 9.17) is 19.7 Å². The minimum atomic E-state index is -4.02. The number of primary sulfonamides is 1. The highest BCUT2D eigenvalue weighted by Gasteiger charge is 2.25. The maximum absolute atomic E-state index is 11.2. The molecule has 10 nitrogen and oxygen atoms in total. The lowest BCUT2D eigenvalue weighted by Crippen LogP contribution is -2.19. The van der Waals surface area contributed by atoms with Gasteiger partial charge in [-0.15, -0.1) is 0 Å². The highest BCUT2D eigenvalue weighted by molar-refractivity contribution is 7.89. The fraction of sp³-hybridized carbons (Fsp3) is 0.118. The van der Waals surface area contributed by atoms with Gasteiger partial charge in [0.15, 0.2) is 11.5 Å². The molecule has 4 N–H and O–H groups in total. The molecular weight excluding hydrogens is 392 g/mol. The summed E-state index contributed by atoms with van der Waals surface area (Å²) >= 11 is 0. The topological polar surface area (TPSA) is 162 Å². The highest BCUT2D eigenvalue weighted by atomic mass is 32.2. The van der Waals surface area contributed by atoms with Crippen molar-refractivity contribution in [3.63, 3.8) is 0 Å². The van der Waals surface area contributed by atoms with E-state index in [2.05, 4.69) is 5.32 Å². The maximum atomic E-state index is 11.2. The Morgan fingerprint density at radius 3 is 1.96 bits per heavy atom. The summed E-state index contributed by atoms with van der Waals surface area (Å²) in [7, 11) is -1.50. The van der Waals surface area contributed by atoms with Gasteiger partial charge >= 0.3 is 5.97 Å². The van der Waals surface area contributed by atoms with Gasteiger partial charge in [0.05, 0.1) is 30.2 Å². The van der Waals surface area contributed by atoms with Crippen LogP contribution in [-0.2, 0) is 10.0 Å². The first-order chi connectivity index (χ1) is 13.1. The lowest BCUT2D eigenvalue weighted by Gasteiger charge is -2.11. The summed E-state index contributed by atoms with van der Waals surface area (Å²) in [6.07, 6.45) is 0. The van der Waals surface area contributed by atoms with Crippen LogP contribution in [-0.4, -0.2) is 45.5 Å². The van der Waals surface area contributed by atoms with Crippen LogP contribution in [0.4, 0.5) is 0 Å². The number of carbonyl (C=O) groups is 3. The normalized spacial score (nSPS) is 12.4. The van der Waals surface area contributed by atoms with Crippen molar-refractivity contribution in [1.29, 1.82) is 0 Å². The van der Waals surface area contributed by atoms with Crippen molar-refractivity contribution in [3.05, 3.63) is 53.1 Å². The van der Waals surface area contributed by atoms with Crippen molar-refractivity contribution in [2.24, 2.45) is 5.14 Å². The van der Waals surface area contributed by atoms with Crippen molar-refractivity contribution in [3.8, 4) is 11.5 Å². The van der Waals surface area contributed by atoms with Crippen LogP contribution in [0.5, 0.6) is 11.5 Å². The van der Waals surface area contributed by atoms with Gasteiger partial charge in [-0.1, -0.05) is 12.1 Å². The van der Waals surface area contributed by atoms with Crippen LogP contribution in [0.3, 0.4) is 0 Å². The van der Waals surface area contributed by atoms with Gasteiger partial charge in [0, 0.05) is 6.07 Å². The number of amides is 2. The number of aromatic carboxylic acids is 1. The van der Waals surface area contributed by atoms with Gasteiger partial charge in [-0.3, -0.25) is 14.9 Å². The largest absolute Gasteiger partial charge is 0.493 e. The van der Waals surface area contributed by atoms with Crippen LogP contribution in [0.2, 0.25) is 0 Å². The molecule has 148 valence electrons. The summed E-state index contributed by atoms with van der Waals surface area (Å²) in [6.45, 7) is 0. The molecule has 0 aromatic heterocycles. The van der Waals surface area contributed by atoms with Crippen LogP contribution in [0.15, 0.2) is 41.3 Å². The molecule has 1 aliphatic rings. The number of carboxylic acid groups (broad SMARTS) is 1. The highest BCUT2D eigenvalue weighted by Crippen LogP contribution is 2.33. The predicted octanol–water partition coefficient (Wildman–Crippen LogP) is 0.620. The summed E-state index contributed by atoms with van der Waals surface area (Å²) in [5, 5.41) is 16.1. The summed E-state index contributed by atoms with van der Waals surface area (Å²) < 4.78 is 32.0. The molecule has 0 aliphatic carbocycles. The van der Waals surface area contributed by atoms with Gasteiger partial charge in [0.2, 0.25) is 10.0 Å². The second-order valence-corrected chi connectivity index (χ2v) is 6.95. The van der Waals surface area contributed by atoms with E-state index in [9.17, 15) is 22.8 Å². The van der Waals surface area contributed by atoms with E-state index < -0.39 is 16.0 Å². The molecule has 1 aliphatic heterocycles. The molecule has 0 radical (unpaired) electrons. The van der Waals surface area contributed by atoms with Crippen LogP contribution >= 0.6 is 0 Å². The molecule has 3 rings (SSSR count). The number of hydrogen-bond acceptors (Lipinski definition) is 7. The van der Waals surface area contributed by atoms with Gasteiger partial charge in [0.1, 0.15) is 5.56 Å². The quantitative estimate of drug-likeness (QED) is 0.620. The molecule has 0 bridgehead atoms. The SMILES string of the molecule is COc1cc(S(N)(=O)=O)cc(C(=O)O)c1OC.O=C1NC(=O)c2ccccc21. The van der Waals surface area contributed by atoms with E-state index in [0.717, 1.165) is 12.1 Å². The zero-order chi connectivity index (χ0) is 21.1. The number of benzene rings is 2. The molecule has 0 fully saturated rings. The van der Waals surface area contributed by atoms with Crippen molar-refractivity contribution in [2.75, 3.05) is 14.2 Å². The molecule has 2 aromatic carbocycles. The number of hydrogen-bond donors (Lipinski definition) is 3. The van der Waals surface area contributed by atoms with Crippen molar-refractivity contribution >= 4 is 27.8 Å². The lowest BCUT2D eigenvalue weighted by atomic mass is 10.1. The summed E-state index contributed by atoms with van der Waals surface area (Å²) in [5.41, 5.74) is 0.603. The number of ether oxygens (including phenoxy) is 2. The number of nitrogens with one attached hydrogen (secondary N) is 1. The van der Waals surface area contributed by atoms with Gasteiger partial charge < -0.3 is 14.6 Å². The van der Waals surface area contributed by atoms with Crippen LogP contribution < -0.4 is 19.9 Å². The number of sulfonamides is 1. The van der Waals surface area contributed by atoms with E-state index in [1.54, 1.807) is 24.3 Å². The Labute approximate surface area is 159 Å². The number of carboxylic acids is 1. The Bertz CT molecular complexity index is 1030. The Balaban J connectivity index is 0.000000218. The van der Waals surface area contributed by atoms with Crippen LogP contribution in [0.25, 0.3) is 0 Å². The zero-order valence-electron chi connectivity index (χ0n) is 14.8. The average Bonchev–Trinajstić information content (AvgIpc) is 2.94. The van der Waals surface area contributed by atoms with Gasteiger partial charge in [-0.25, -0.2) is 18.4 Å². The van der Waals surface area contributed by atoms with Crippen LogP contribution in [0.1, 0.15) is 31.1 Å². The Morgan fingerprint density at radius 2 is 1.57 bits per heavy atom. The summed E-state index contributed by atoms with van der Waals surface area (Å²) in [5.74, 6) is -2.02. The summed E-state index contributed by atoms with van der Waals surface area (Å²) in [4.78, 5) is 32.5. The lowest BCUT2D eigenvalue weighted by molar-refractivity contribution is 0.0691. The Kier molecular flexibility index (Phi) is 6.01. The molecule has 2 amide bonds. The fourth-order valence-electron chi connectivity index (χ4n) is 2.38. The first kappa shape index (κ1) is 20.9. The van der Waals surface area contributed by atoms with E-state index in [-0.39, 0.29) is 33.8 Å². The maximum Gasteiger partial charge on any atom is 0.339 e. The number of fused-ring (bicyclic) bond motifs is 1. The molecule has 0 unspecified atom stereocenters. The number of nitrogens with two attached hydrogens (primary N) is 1. The monoisotopic (exact) mass is 408 g/mol. The standard InChI is InChI=1S/C9H11NO6S.C8H5NO2/c1-15-7-4-5(17(10,13)14)3-6(9(11)12)8(7)16-2;10-7-5-3-1-2-4-6(5)8(11)9-7/h3-4H,1-2H3,(H,11,12)(H2,10,13,14);1-4H,(H,9,10,11). The second kappa shape index (κ2) is 8.06. The molecular formula is C17H16N2O8S. The molecule has 0 saturated carbocycles. The molecule has 1 heterocycles. The molecule has 11 heteroatoms. The average molecular weight is 408 g/mol. The van der Waals surface area contributed by atoms with E-state index in [0.29, 0.717) is 11.1 Å². The number of imide groups is 1. The molecule has 2 aromatic rings. The van der Waals surface area contributed by atoms with E-state index >= 15 is 0 Å². The first-order valence-electron chi connectivity index (χ1n) is 7.57. The predicted molar refractivity (Wildman–Crippen MR) is 96.1 cm³/mol. The van der Waals surface area contributed by atoms with E-state index in [1.807, 2.05) is 0 Å². The fourth-order valence-corrected chi connectivity index (χ4v) is 2.93. The molecule has 0 spiro atoms. The number of carbonyl (C=O) groups excluding carboxylic acids is 2. The minimum absolute atomic E-state index is 0.0172. The first-order valence-corrected chi connectivity index (χ1v) is 9.11. The van der Waals surface area contributed by atoms with Gasteiger partial charge in [-0.05, 0) is 18.2 Å². The van der Waals surface area contributed by atoms with Gasteiger partial charge in [0.25, 0.3) is 11.8 Å². The van der Waals surface area contributed by atoms with Crippen LogP contribution in [0, 0.1) is 0 Å². The third kappa shape index (κ3) is 4.27. The van der Waals surface area contributed by atoms with E-state index in [1.165, 1.54) is 14.2 Å². The van der Waals surface area contributed by atoms with Crippen molar-refractivity contribution in [2.45, 2.75) is 4.90 Å². The van der Waals surface area contributed by atoms with Crippen molar-refractivity contribution < 1.29 is 37.4 Å². The molecule has 0 atom stereocenters. The third-order valence-corrected chi connectivity index (χ3v) is 4.55. The minimum Gasteiger partial charge on any atom is -0.493 e. The number of methoxy groups -OCH3 is 2. The number of rotatable bonds is 4. The molecule has 0 saturated heterocycles.